The first-order valence-corrected chi connectivity index (χ1v) is 23.3. The van der Waals surface area contributed by atoms with Crippen LogP contribution in [-0.2, 0) is 38.2 Å². The number of carbonyl (C=O) groups is 6. The van der Waals surface area contributed by atoms with E-state index in [-0.39, 0.29) is 141 Å². The second kappa shape index (κ2) is 52.0. The van der Waals surface area contributed by atoms with Gasteiger partial charge in [0.15, 0.2) is 0 Å². The number of nitrogens with two attached hydrogens (primary N) is 2. The van der Waals surface area contributed by atoms with E-state index in [0.717, 1.165) is 25.7 Å². The average molecular weight is 903 g/mol. The molecule has 2 unspecified atom stereocenters. The van der Waals surface area contributed by atoms with Gasteiger partial charge in [-0.1, -0.05) is 194 Å². The number of carboxylic acids is 2. The summed E-state index contributed by atoms with van der Waals surface area (Å²) in [6.07, 6.45) is 37.0. The van der Waals surface area contributed by atoms with Crippen LogP contribution in [0, 0.1) is 0 Å². The quantitative estimate of drug-likeness (QED) is 0.0392. The molecule has 0 saturated carbocycles. The molecule has 340 valence electrons. The van der Waals surface area contributed by atoms with Crippen molar-refractivity contribution in [3.8, 4) is 0 Å². The average Bonchev–Trinajstić information content (AvgIpc) is 3.19. The van der Waals surface area contributed by atoms with Gasteiger partial charge in [-0.05, 0) is 38.5 Å². The van der Waals surface area contributed by atoms with Crippen LogP contribution < -0.4 is 124 Å². The summed E-state index contributed by atoms with van der Waals surface area (Å²) in [5.41, 5.74) is 11.0. The van der Waals surface area contributed by atoms with Crippen LogP contribution in [0.4, 0.5) is 0 Å². The summed E-state index contributed by atoms with van der Waals surface area (Å²) < 4.78 is 9.29. The van der Waals surface area contributed by atoms with E-state index >= 15 is 0 Å². The molecule has 0 heterocycles. The van der Waals surface area contributed by atoms with E-state index in [1.165, 1.54) is 154 Å². The molecular formula is C46H84K2N2O10. The fourth-order valence-corrected chi connectivity index (χ4v) is 6.54. The first kappa shape index (κ1) is 67.0. The Kier molecular flexibility index (Phi) is 58.1. The van der Waals surface area contributed by atoms with E-state index in [4.69, 9.17) is 11.5 Å². The maximum atomic E-state index is 11.6. The predicted octanol–water partition coefficient (Wildman–Crippen LogP) is 2.36. The summed E-state index contributed by atoms with van der Waals surface area (Å²) in [6.45, 7) is 4.50. The topological polar surface area (TPSA) is 219 Å². The Balaban J connectivity index is -0.000000506. The molecular weight excluding hydrogens is 819 g/mol. The van der Waals surface area contributed by atoms with Crippen molar-refractivity contribution < 1.29 is 151 Å². The van der Waals surface area contributed by atoms with Crippen molar-refractivity contribution in [2.75, 3.05) is 0 Å². The third-order valence-electron chi connectivity index (χ3n) is 10.3. The third-order valence-corrected chi connectivity index (χ3v) is 10.3. The van der Waals surface area contributed by atoms with Crippen LogP contribution in [0.15, 0.2) is 0 Å². The first-order valence-electron chi connectivity index (χ1n) is 23.3. The molecule has 4 N–H and O–H groups in total. The summed E-state index contributed by atoms with van der Waals surface area (Å²) in [4.78, 5) is 67.0. The van der Waals surface area contributed by atoms with E-state index in [2.05, 4.69) is 23.3 Å². The molecule has 0 fully saturated rings. The minimum Gasteiger partial charge on any atom is -0.550 e. The summed E-state index contributed by atoms with van der Waals surface area (Å²) in [5.74, 6) is -5.47. The smallest absolute Gasteiger partial charge is 0.550 e. The number of esters is 4. The molecule has 0 aromatic heterocycles. The Morgan fingerprint density at radius 3 is 0.767 bits per heavy atom. The van der Waals surface area contributed by atoms with Crippen molar-refractivity contribution in [2.45, 2.75) is 257 Å². The van der Waals surface area contributed by atoms with Crippen molar-refractivity contribution in [1.82, 2.24) is 0 Å². The molecule has 0 amide bonds. The molecule has 0 aliphatic rings. The van der Waals surface area contributed by atoms with Crippen LogP contribution in [0.2, 0.25) is 0 Å². The SMILES string of the molecule is CCCCCCCCCCCCCCCCCC(=O)OC(=O)C(N)CCC(=O)[O-].CCCCCCCCCCCCCCCCCC(=O)OC(=O)C(N)CCC(=O)[O-].[K+].[K+]. The molecule has 0 saturated heterocycles. The van der Waals surface area contributed by atoms with Gasteiger partial charge in [0.2, 0.25) is 0 Å². The standard InChI is InChI=1S/2C23H43NO5.2K/c2*1-2-3-4-5-6-7-8-9-10-11-12-13-14-15-16-17-22(27)29-23(28)20(24)18-19-21(25)26;;/h2*20H,2-19,24H2,1H3,(H,25,26);;/q;;2*+1/p-2. The van der Waals surface area contributed by atoms with Crippen LogP contribution in [0.1, 0.15) is 245 Å². The predicted molar refractivity (Wildman–Crippen MR) is 226 cm³/mol. The van der Waals surface area contributed by atoms with Crippen LogP contribution in [0.5, 0.6) is 0 Å². The van der Waals surface area contributed by atoms with E-state index in [1.807, 2.05) is 0 Å². The summed E-state index contributed by atoms with van der Waals surface area (Å²) >= 11 is 0. The number of rotatable bonds is 40. The zero-order valence-electron chi connectivity index (χ0n) is 38.8. The Morgan fingerprint density at radius 2 is 0.567 bits per heavy atom. The number of aliphatic carboxylic acids is 2. The Hall–Kier alpha value is 0.413. The van der Waals surface area contributed by atoms with E-state index in [1.54, 1.807) is 0 Å². The number of unbranched alkanes of at least 4 members (excludes halogenated alkanes) is 28. The Labute approximate surface area is 449 Å². The van der Waals surface area contributed by atoms with E-state index < -0.39 is 47.9 Å². The van der Waals surface area contributed by atoms with Crippen LogP contribution in [0.3, 0.4) is 0 Å². The molecule has 0 bridgehead atoms. The van der Waals surface area contributed by atoms with Gasteiger partial charge in [0.25, 0.3) is 0 Å². The van der Waals surface area contributed by atoms with Crippen molar-refractivity contribution in [1.29, 1.82) is 0 Å². The number of hydrogen-bond donors (Lipinski definition) is 2. The molecule has 0 aliphatic heterocycles. The van der Waals surface area contributed by atoms with E-state index in [9.17, 15) is 39.0 Å². The summed E-state index contributed by atoms with van der Waals surface area (Å²) in [5, 5.41) is 20.7. The number of carboxylic acid groups (broad SMARTS) is 2. The molecule has 12 nitrogen and oxygen atoms in total. The van der Waals surface area contributed by atoms with Gasteiger partial charge in [-0.25, -0.2) is 9.59 Å². The molecule has 0 rings (SSSR count). The molecule has 0 spiro atoms. The van der Waals surface area contributed by atoms with Gasteiger partial charge in [-0.15, -0.1) is 0 Å². The summed E-state index contributed by atoms with van der Waals surface area (Å²) in [7, 11) is 0. The minimum atomic E-state index is -1.28. The molecule has 0 aromatic rings. The first-order chi connectivity index (χ1) is 27.9. The Bertz CT molecular complexity index is 971. The summed E-state index contributed by atoms with van der Waals surface area (Å²) in [6, 6.07) is -2.20. The van der Waals surface area contributed by atoms with Crippen LogP contribution in [-0.4, -0.2) is 47.9 Å². The van der Waals surface area contributed by atoms with Gasteiger partial charge in [0.1, 0.15) is 12.1 Å². The second-order valence-electron chi connectivity index (χ2n) is 16.0. The second-order valence-corrected chi connectivity index (χ2v) is 16.0. The normalized spacial score (nSPS) is 11.5. The largest absolute Gasteiger partial charge is 1.00 e. The van der Waals surface area contributed by atoms with Crippen LogP contribution >= 0.6 is 0 Å². The fraction of sp³-hybridized carbons (Fsp3) is 0.870. The monoisotopic (exact) mass is 903 g/mol. The molecule has 2 atom stereocenters. The Morgan fingerprint density at radius 1 is 0.367 bits per heavy atom. The molecule has 0 aromatic carbocycles. The van der Waals surface area contributed by atoms with Gasteiger partial charge < -0.3 is 40.7 Å². The van der Waals surface area contributed by atoms with E-state index in [0.29, 0.717) is 12.8 Å². The van der Waals surface area contributed by atoms with Crippen LogP contribution in [0.25, 0.3) is 0 Å². The van der Waals surface area contributed by atoms with Gasteiger partial charge in [-0.2, -0.15) is 0 Å². The molecule has 0 aliphatic carbocycles. The van der Waals surface area contributed by atoms with Gasteiger partial charge in [0.05, 0.1) is 0 Å². The molecule has 0 radical (unpaired) electrons. The van der Waals surface area contributed by atoms with Crippen molar-refractivity contribution >= 4 is 35.8 Å². The van der Waals surface area contributed by atoms with Gasteiger partial charge in [-0.3, -0.25) is 9.59 Å². The van der Waals surface area contributed by atoms with Gasteiger partial charge >= 0.3 is 127 Å². The number of ether oxygens (including phenoxy) is 2. The molecule has 60 heavy (non-hydrogen) atoms. The maximum Gasteiger partial charge on any atom is 1.00 e. The minimum absolute atomic E-state index is 0. The fourth-order valence-electron chi connectivity index (χ4n) is 6.54. The zero-order chi connectivity index (χ0) is 43.5. The molecule has 14 heteroatoms. The number of hydrogen-bond acceptors (Lipinski definition) is 12. The van der Waals surface area contributed by atoms with Crippen molar-refractivity contribution in [2.24, 2.45) is 11.5 Å². The third kappa shape index (κ3) is 52.8. The zero-order valence-corrected chi connectivity index (χ0v) is 45.1. The number of carbonyl (C=O) groups excluding carboxylic acids is 6. The van der Waals surface area contributed by atoms with Crippen molar-refractivity contribution in [3.05, 3.63) is 0 Å². The van der Waals surface area contributed by atoms with Crippen molar-refractivity contribution in [3.63, 3.8) is 0 Å². The van der Waals surface area contributed by atoms with Gasteiger partial charge in [0, 0.05) is 24.8 Å². The maximum absolute atomic E-state index is 11.6.